The number of fused-ring (bicyclic) bond motifs is 2. The number of halogens is 1. The van der Waals surface area contributed by atoms with Gasteiger partial charge >= 0.3 is 0 Å². The fourth-order valence-corrected chi connectivity index (χ4v) is 4.55. The molecule has 0 saturated heterocycles. The van der Waals surface area contributed by atoms with Crippen molar-refractivity contribution in [3.63, 3.8) is 0 Å². The van der Waals surface area contributed by atoms with E-state index in [1.807, 2.05) is 0 Å². The maximum atomic E-state index is 12.4. The lowest BCUT2D eigenvalue weighted by Gasteiger charge is -2.45. The van der Waals surface area contributed by atoms with Crippen molar-refractivity contribution in [3.8, 4) is 0 Å². The van der Waals surface area contributed by atoms with Crippen LogP contribution in [0.4, 0.5) is 5.69 Å². The van der Waals surface area contributed by atoms with Crippen molar-refractivity contribution < 1.29 is 9.72 Å². The third kappa shape index (κ3) is 3.72. The Morgan fingerprint density at radius 3 is 2.62 bits per heavy atom. The van der Waals surface area contributed by atoms with Gasteiger partial charge in [0.25, 0.3) is 11.6 Å². The minimum atomic E-state index is -0.565. The molecular formula is C18H25ClN2O3. The van der Waals surface area contributed by atoms with Crippen LogP contribution in [0.2, 0.25) is 5.02 Å². The Morgan fingerprint density at radius 1 is 1.33 bits per heavy atom. The lowest BCUT2D eigenvalue weighted by atomic mass is 9.62. The number of carbonyl (C=O) groups is 1. The summed E-state index contributed by atoms with van der Waals surface area (Å²) in [4.78, 5) is 22.8. The summed E-state index contributed by atoms with van der Waals surface area (Å²) in [5.41, 5.74) is 0.164. The third-order valence-corrected chi connectivity index (χ3v) is 5.80. The van der Waals surface area contributed by atoms with E-state index in [1.54, 1.807) is 0 Å². The van der Waals surface area contributed by atoms with Gasteiger partial charge in [0.15, 0.2) is 0 Å². The van der Waals surface area contributed by atoms with E-state index in [1.165, 1.54) is 50.3 Å². The van der Waals surface area contributed by atoms with Gasteiger partial charge in [0.05, 0.1) is 10.5 Å². The van der Waals surface area contributed by atoms with E-state index in [4.69, 9.17) is 11.6 Å². The summed E-state index contributed by atoms with van der Waals surface area (Å²) in [6.07, 6.45) is 8.60. The zero-order valence-corrected chi connectivity index (χ0v) is 13.8. The summed E-state index contributed by atoms with van der Waals surface area (Å²) in [6, 6.07) is 4.34. The SMILES string of the molecule is C.O=C(NCC12CCCC(CCC1)C2)c1cccc([N+](=O)[O-])c1Cl. The number of rotatable bonds is 4. The number of nitrogens with zero attached hydrogens (tertiary/aromatic N) is 1. The van der Waals surface area contributed by atoms with Crippen LogP contribution in [-0.4, -0.2) is 17.4 Å². The van der Waals surface area contributed by atoms with Gasteiger partial charge in [0.1, 0.15) is 5.02 Å². The van der Waals surface area contributed by atoms with Crippen molar-refractivity contribution in [1.29, 1.82) is 0 Å². The molecule has 3 rings (SSSR count). The Balaban J connectivity index is 0.00000208. The quantitative estimate of drug-likeness (QED) is 0.613. The van der Waals surface area contributed by atoms with Crippen LogP contribution in [0, 0.1) is 21.4 Å². The molecule has 0 aromatic heterocycles. The van der Waals surface area contributed by atoms with Crippen molar-refractivity contribution >= 4 is 23.2 Å². The second-order valence-corrected chi connectivity index (χ2v) is 7.31. The van der Waals surface area contributed by atoms with Gasteiger partial charge in [-0.1, -0.05) is 50.8 Å². The Bertz CT molecular complexity index is 623. The largest absolute Gasteiger partial charge is 0.351 e. The Morgan fingerprint density at radius 2 is 2.00 bits per heavy atom. The highest BCUT2D eigenvalue weighted by Crippen LogP contribution is 2.48. The maximum absolute atomic E-state index is 12.4. The molecule has 2 aliphatic carbocycles. The van der Waals surface area contributed by atoms with Crippen LogP contribution in [0.3, 0.4) is 0 Å². The number of nitro benzene ring substituents is 1. The van der Waals surface area contributed by atoms with Gasteiger partial charge in [-0.2, -0.15) is 0 Å². The lowest BCUT2D eigenvalue weighted by molar-refractivity contribution is -0.384. The molecule has 2 aliphatic rings. The van der Waals surface area contributed by atoms with Crippen molar-refractivity contribution in [3.05, 3.63) is 38.9 Å². The van der Waals surface area contributed by atoms with Crippen molar-refractivity contribution in [2.24, 2.45) is 11.3 Å². The molecule has 0 unspecified atom stereocenters. The molecule has 2 saturated carbocycles. The van der Waals surface area contributed by atoms with E-state index < -0.39 is 4.92 Å². The molecule has 2 fully saturated rings. The van der Waals surface area contributed by atoms with Crippen molar-refractivity contribution in [1.82, 2.24) is 5.32 Å². The standard InChI is InChI=1S/C17H21ClN2O3.CH4/c18-15-13(6-1-7-14(15)20(22)23)16(21)19-11-17-8-2-4-12(10-17)5-3-9-17;/h1,6-7,12H,2-5,8-11H2,(H,19,21);1H4. The second-order valence-electron chi connectivity index (χ2n) is 6.93. The van der Waals surface area contributed by atoms with Crippen LogP contribution in [0.25, 0.3) is 0 Å². The highest BCUT2D eigenvalue weighted by atomic mass is 35.5. The summed E-state index contributed by atoms with van der Waals surface area (Å²) in [5, 5.41) is 13.8. The maximum Gasteiger partial charge on any atom is 0.288 e. The highest BCUT2D eigenvalue weighted by molar-refractivity contribution is 6.35. The highest BCUT2D eigenvalue weighted by Gasteiger charge is 2.39. The molecular weight excluding hydrogens is 328 g/mol. The van der Waals surface area contributed by atoms with E-state index in [-0.39, 0.29) is 35.0 Å². The molecule has 5 nitrogen and oxygen atoms in total. The minimum absolute atomic E-state index is 0. The van der Waals surface area contributed by atoms with Gasteiger partial charge in [-0.05, 0) is 36.7 Å². The minimum Gasteiger partial charge on any atom is -0.351 e. The van der Waals surface area contributed by atoms with E-state index in [0.29, 0.717) is 6.54 Å². The number of nitro groups is 1. The van der Waals surface area contributed by atoms with Crippen molar-refractivity contribution in [2.75, 3.05) is 6.54 Å². The van der Waals surface area contributed by atoms with Crippen LogP contribution in [0.15, 0.2) is 18.2 Å². The van der Waals surface area contributed by atoms with E-state index in [9.17, 15) is 14.9 Å². The Hall–Kier alpha value is -1.62. The summed E-state index contributed by atoms with van der Waals surface area (Å²) in [7, 11) is 0. The first-order valence-corrected chi connectivity index (χ1v) is 8.60. The molecule has 24 heavy (non-hydrogen) atoms. The first-order chi connectivity index (χ1) is 11.0. The smallest absolute Gasteiger partial charge is 0.288 e. The van der Waals surface area contributed by atoms with Crippen molar-refractivity contribution in [2.45, 2.75) is 52.4 Å². The van der Waals surface area contributed by atoms with Gasteiger partial charge in [0, 0.05) is 12.6 Å². The summed E-state index contributed by atoms with van der Waals surface area (Å²) < 4.78 is 0. The van der Waals surface area contributed by atoms with Crippen LogP contribution in [0.1, 0.15) is 62.7 Å². The zero-order chi connectivity index (χ0) is 16.4. The second kappa shape index (κ2) is 7.51. The molecule has 1 N–H and O–H groups in total. The van der Waals surface area contributed by atoms with Gasteiger partial charge in [-0.15, -0.1) is 0 Å². The van der Waals surface area contributed by atoms with Gasteiger partial charge in [-0.3, -0.25) is 14.9 Å². The molecule has 1 aromatic rings. The first-order valence-electron chi connectivity index (χ1n) is 8.22. The normalized spacial score (nSPS) is 25.5. The van der Waals surface area contributed by atoms with E-state index >= 15 is 0 Å². The van der Waals surface area contributed by atoms with Crippen LogP contribution in [0.5, 0.6) is 0 Å². The van der Waals surface area contributed by atoms with E-state index in [2.05, 4.69) is 5.32 Å². The predicted molar refractivity (Wildman–Crippen MR) is 95.4 cm³/mol. The summed E-state index contributed by atoms with van der Waals surface area (Å²) in [5.74, 6) is 0.483. The van der Waals surface area contributed by atoms with Gasteiger partial charge in [0.2, 0.25) is 0 Å². The first kappa shape index (κ1) is 18.7. The average Bonchev–Trinajstić information content (AvgIpc) is 2.53. The summed E-state index contributed by atoms with van der Waals surface area (Å²) in [6.45, 7) is 0.640. The van der Waals surface area contributed by atoms with Gasteiger partial charge in [-0.25, -0.2) is 0 Å². The molecule has 0 heterocycles. The molecule has 2 bridgehead atoms. The number of nitrogens with one attached hydrogen (secondary N) is 1. The van der Waals surface area contributed by atoms with Crippen LogP contribution >= 0.6 is 11.6 Å². The topological polar surface area (TPSA) is 72.2 Å². The number of benzene rings is 1. The zero-order valence-electron chi connectivity index (χ0n) is 13.0. The van der Waals surface area contributed by atoms with Crippen LogP contribution < -0.4 is 5.32 Å². The average molecular weight is 353 g/mol. The number of hydrogen-bond acceptors (Lipinski definition) is 3. The monoisotopic (exact) mass is 352 g/mol. The Labute approximate surface area is 147 Å². The molecule has 0 aliphatic heterocycles. The summed E-state index contributed by atoms with van der Waals surface area (Å²) >= 11 is 6.02. The fourth-order valence-electron chi connectivity index (χ4n) is 4.27. The van der Waals surface area contributed by atoms with Crippen LogP contribution in [-0.2, 0) is 0 Å². The fraction of sp³-hybridized carbons (Fsp3) is 0.611. The molecule has 132 valence electrons. The molecule has 6 heteroatoms. The number of amides is 1. The van der Waals surface area contributed by atoms with E-state index in [0.717, 1.165) is 18.8 Å². The number of hydrogen-bond donors (Lipinski definition) is 1. The molecule has 0 atom stereocenters. The molecule has 0 radical (unpaired) electrons. The molecule has 1 aromatic carbocycles. The Kier molecular flexibility index (Phi) is 5.86. The molecule has 0 spiro atoms. The third-order valence-electron chi connectivity index (χ3n) is 5.40. The molecule has 1 amide bonds. The number of carbonyl (C=O) groups excluding carboxylic acids is 1. The van der Waals surface area contributed by atoms with Gasteiger partial charge < -0.3 is 5.32 Å². The lowest BCUT2D eigenvalue weighted by Crippen LogP contribution is -2.43. The predicted octanol–water partition coefficient (Wildman–Crippen LogP) is 4.97.